The second-order valence-electron chi connectivity index (χ2n) is 5.49. The smallest absolute Gasteiger partial charge is 0.216 e. The number of aromatic nitrogens is 2. The summed E-state index contributed by atoms with van der Waals surface area (Å²) in [7, 11) is 3.65. The number of ether oxygens (including phenoxy) is 1. The van der Waals surface area contributed by atoms with Crippen LogP contribution in [0.4, 0.5) is 0 Å². The molecule has 0 aliphatic carbocycles. The fourth-order valence-corrected chi connectivity index (χ4v) is 3.01. The molecule has 5 nitrogen and oxygen atoms in total. The standard InChI is InChI=1S/C14H26N4O/c1-11-13(14(19-3)17(2)16-11)10-18-8-5-12(4-7-15)6-9-18/h12H,4-10,15H2,1-3H3. The summed E-state index contributed by atoms with van der Waals surface area (Å²) in [5.74, 6) is 1.71. The van der Waals surface area contributed by atoms with Crippen LogP contribution < -0.4 is 10.5 Å². The molecule has 0 spiro atoms. The molecular weight excluding hydrogens is 240 g/mol. The van der Waals surface area contributed by atoms with Crippen molar-refractivity contribution in [2.24, 2.45) is 18.7 Å². The molecular formula is C14H26N4O. The lowest BCUT2D eigenvalue weighted by Crippen LogP contribution is -2.34. The topological polar surface area (TPSA) is 56.3 Å². The quantitative estimate of drug-likeness (QED) is 0.873. The minimum Gasteiger partial charge on any atom is -0.481 e. The van der Waals surface area contributed by atoms with E-state index in [1.54, 1.807) is 7.11 Å². The number of piperidine rings is 1. The molecule has 1 aromatic rings. The Bertz CT molecular complexity index is 408. The van der Waals surface area contributed by atoms with Crippen LogP contribution in [0.2, 0.25) is 0 Å². The van der Waals surface area contributed by atoms with Crippen LogP contribution in [0, 0.1) is 12.8 Å². The predicted octanol–water partition coefficient (Wildman–Crippen LogP) is 1.30. The number of likely N-dealkylation sites (tertiary alicyclic amines) is 1. The molecule has 2 N–H and O–H groups in total. The lowest BCUT2D eigenvalue weighted by Gasteiger charge is -2.31. The first kappa shape index (κ1) is 14.3. The summed E-state index contributed by atoms with van der Waals surface area (Å²) in [6.45, 7) is 6.13. The van der Waals surface area contributed by atoms with E-state index in [9.17, 15) is 0 Å². The zero-order valence-corrected chi connectivity index (χ0v) is 12.4. The Morgan fingerprint density at radius 1 is 1.37 bits per heavy atom. The van der Waals surface area contributed by atoms with Crippen molar-refractivity contribution in [3.05, 3.63) is 11.3 Å². The highest BCUT2D eigenvalue weighted by molar-refractivity contribution is 5.30. The van der Waals surface area contributed by atoms with Crippen LogP contribution in [0.15, 0.2) is 0 Å². The first-order valence-electron chi connectivity index (χ1n) is 7.14. The summed E-state index contributed by atoms with van der Waals surface area (Å²) in [6, 6.07) is 0. The fourth-order valence-electron chi connectivity index (χ4n) is 3.01. The average molecular weight is 266 g/mol. The minimum absolute atomic E-state index is 0.818. The van der Waals surface area contributed by atoms with E-state index < -0.39 is 0 Å². The second-order valence-corrected chi connectivity index (χ2v) is 5.49. The van der Waals surface area contributed by atoms with E-state index >= 15 is 0 Å². The van der Waals surface area contributed by atoms with Crippen molar-refractivity contribution in [1.29, 1.82) is 0 Å². The van der Waals surface area contributed by atoms with Crippen LogP contribution in [0.25, 0.3) is 0 Å². The maximum atomic E-state index is 5.64. The normalized spacial score (nSPS) is 17.9. The lowest BCUT2D eigenvalue weighted by atomic mass is 9.93. The van der Waals surface area contributed by atoms with E-state index in [0.717, 1.165) is 43.7 Å². The number of aryl methyl sites for hydroxylation is 2. The van der Waals surface area contributed by atoms with Crippen LogP contribution in [0.3, 0.4) is 0 Å². The van der Waals surface area contributed by atoms with Crippen molar-refractivity contribution >= 4 is 0 Å². The summed E-state index contributed by atoms with van der Waals surface area (Å²) < 4.78 is 7.28. The van der Waals surface area contributed by atoms with Gasteiger partial charge >= 0.3 is 0 Å². The lowest BCUT2D eigenvalue weighted by molar-refractivity contribution is 0.171. The average Bonchev–Trinajstić information content (AvgIpc) is 2.66. The first-order valence-corrected chi connectivity index (χ1v) is 7.14. The zero-order valence-electron chi connectivity index (χ0n) is 12.4. The molecule has 5 heteroatoms. The molecule has 0 amide bonds. The predicted molar refractivity (Wildman–Crippen MR) is 76.2 cm³/mol. The number of nitrogens with two attached hydrogens (primary N) is 1. The Morgan fingerprint density at radius 3 is 2.63 bits per heavy atom. The maximum Gasteiger partial charge on any atom is 0.216 e. The van der Waals surface area contributed by atoms with E-state index in [1.807, 2.05) is 11.7 Å². The fraction of sp³-hybridized carbons (Fsp3) is 0.786. The van der Waals surface area contributed by atoms with Crippen molar-refractivity contribution in [2.45, 2.75) is 32.7 Å². The van der Waals surface area contributed by atoms with Gasteiger partial charge in [-0.05, 0) is 51.7 Å². The maximum absolute atomic E-state index is 5.64. The minimum atomic E-state index is 0.818. The van der Waals surface area contributed by atoms with Gasteiger partial charge < -0.3 is 10.5 Å². The molecule has 2 rings (SSSR count). The zero-order chi connectivity index (χ0) is 13.8. The summed E-state index contributed by atoms with van der Waals surface area (Å²) in [4.78, 5) is 2.50. The van der Waals surface area contributed by atoms with Gasteiger partial charge in [-0.1, -0.05) is 0 Å². The van der Waals surface area contributed by atoms with Crippen molar-refractivity contribution < 1.29 is 4.74 Å². The first-order chi connectivity index (χ1) is 9.15. The van der Waals surface area contributed by atoms with Crippen LogP contribution in [0.5, 0.6) is 5.88 Å². The third-order valence-corrected chi connectivity index (χ3v) is 4.15. The van der Waals surface area contributed by atoms with Crippen LogP contribution >= 0.6 is 0 Å². The summed E-state index contributed by atoms with van der Waals surface area (Å²) in [6.07, 6.45) is 3.70. The van der Waals surface area contributed by atoms with Gasteiger partial charge in [-0.15, -0.1) is 0 Å². The molecule has 1 fully saturated rings. The molecule has 1 aliphatic heterocycles. The number of hydrogen-bond donors (Lipinski definition) is 1. The Balaban J connectivity index is 1.96. The largest absolute Gasteiger partial charge is 0.481 e. The second kappa shape index (κ2) is 6.39. The molecule has 0 bridgehead atoms. The van der Waals surface area contributed by atoms with E-state index in [4.69, 9.17) is 10.5 Å². The third kappa shape index (κ3) is 3.28. The van der Waals surface area contributed by atoms with Gasteiger partial charge in [-0.25, -0.2) is 4.68 Å². The molecule has 0 unspecified atom stereocenters. The molecule has 108 valence electrons. The highest BCUT2D eigenvalue weighted by Crippen LogP contribution is 2.26. The van der Waals surface area contributed by atoms with Crippen molar-refractivity contribution in [3.8, 4) is 5.88 Å². The highest BCUT2D eigenvalue weighted by Gasteiger charge is 2.22. The van der Waals surface area contributed by atoms with Crippen molar-refractivity contribution in [3.63, 3.8) is 0 Å². The summed E-state index contributed by atoms with van der Waals surface area (Å²) in [5, 5.41) is 4.44. The molecule has 0 saturated carbocycles. The number of methoxy groups -OCH3 is 1. The van der Waals surface area contributed by atoms with E-state index in [0.29, 0.717) is 0 Å². The Hall–Kier alpha value is -1.07. The summed E-state index contributed by atoms with van der Waals surface area (Å²) >= 11 is 0. The van der Waals surface area contributed by atoms with Gasteiger partial charge in [0.15, 0.2) is 0 Å². The summed E-state index contributed by atoms with van der Waals surface area (Å²) in [5.41, 5.74) is 7.93. The Labute approximate surface area is 115 Å². The molecule has 1 saturated heterocycles. The van der Waals surface area contributed by atoms with Gasteiger partial charge in [-0.3, -0.25) is 4.90 Å². The van der Waals surface area contributed by atoms with E-state index in [1.165, 1.54) is 24.8 Å². The molecule has 1 aromatic heterocycles. The van der Waals surface area contributed by atoms with Gasteiger partial charge in [0.05, 0.1) is 18.4 Å². The number of nitrogens with zero attached hydrogens (tertiary/aromatic N) is 3. The SMILES string of the molecule is COc1c(CN2CCC(CCN)CC2)c(C)nn1C. The molecule has 1 aliphatic rings. The number of hydrogen-bond acceptors (Lipinski definition) is 4. The van der Waals surface area contributed by atoms with Gasteiger partial charge in [0.25, 0.3) is 0 Å². The molecule has 19 heavy (non-hydrogen) atoms. The Kier molecular flexibility index (Phi) is 4.82. The Morgan fingerprint density at radius 2 is 2.05 bits per heavy atom. The van der Waals surface area contributed by atoms with Gasteiger partial charge in [0.2, 0.25) is 5.88 Å². The van der Waals surface area contributed by atoms with Gasteiger partial charge in [-0.2, -0.15) is 5.10 Å². The van der Waals surface area contributed by atoms with Crippen LogP contribution in [-0.4, -0.2) is 41.4 Å². The molecule has 2 heterocycles. The molecule has 0 atom stereocenters. The van der Waals surface area contributed by atoms with Crippen molar-refractivity contribution in [1.82, 2.24) is 14.7 Å². The van der Waals surface area contributed by atoms with Gasteiger partial charge in [0.1, 0.15) is 0 Å². The monoisotopic (exact) mass is 266 g/mol. The third-order valence-electron chi connectivity index (χ3n) is 4.15. The molecule has 0 radical (unpaired) electrons. The van der Waals surface area contributed by atoms with Crippen LogP contribution in [0.1, 0.15) is 30.5 Å². The van der Waals surface area contributed by atoms with Crippen LogP contribution in [-0.2, 0) is 13.6 Å². The highest BCUT2D eigenvalue weighted by atomic mass is 16.5. The molecule has 0 aromatic carbocycles. The van der Waals surface area contributed by atoms with E-state index in [-0.39, 0.29) is 0 Å². The van der Waals surface area contributed by atoms with E-state index in [2.05, 4.69) is 16.9 Å². The number of rotatable bonds is 5. The van der Waals surface area contributed by atoms with Gasteiger partial charge in [0, 0.05) is 13.6 Å². The van der Waals surface area contributed by atoms with Crippen molar-refractivity contribution in [2.75, 3.05) is 26.7 Å².